The number of phenolic OH excluding ortho intramolecular Hbond substituents is 2. The van der Waals surface area contributed by atoms with Crippen molar-refractivity contribution in [2.75, 3.05) is 13.1 Å². The maximum Gasteiger partial charge on any atom is 0.352 e. The zero-order valence-corrected chi connectivity index (χ0v) is 38.1. The molecule has 1 spiro atoms. The number of carbonyl (C=O) groups is 4. The Kier molecular flexibility index (Phi) is 11.4. The van der Waals surface area contributed by atoms with Crippen molar-refractivity contribution in [3.63, 3.8) is 0 Å². The van der Waals surface area contributed by atoms with Crippen molar-refractivity contribution >= 4 is 57.2 Å². The number of rotatable bonds is 14. The lowest BCUT2D eigenvalue weighted by Gasteiger charge is -2.36. The number of aromatic amines is 3. The highest BCUT2D eigenvalue weighted by atomic mass is 35.5. The van der Waals surface area contributed by atoms with Gasteiger partial charge in [0.05, 0.1) is 11.3 Å². The van der Waals surface area contributed by atoms with Crippen molar-refractivity contribution in [3.05, 3.63) is 153 Å². The Morgan fingerprint density at radius 3 is 2.26 bits per heavy atom. The molecule has 2 amide bonds. The Hall–Kier alpha value is -8.04. The van der Waals surface area contributed by atoms with Crippen LogP contribution in [-0.2, 0) is 21.6 Å². The first-order valence-electron chi connectivity index (χ1n) is 22.6. The molecular formula is C53H45ClFN5O9. The number of unbranched alkanes of at least 4 members (excludes halogenated alkanes) is 2. The van der Waals surface area contributed by atoms with Gasteiger partial charge in [-0.1, -0.05) is 37.9 Å². The topological polar surface area (TPSA) is 219 Å². The van der Waals surface area contributed by atoms with Crippen molar-refractivity contribution in [3.8, 4) is 45.4 Å². The average molecular weight is 950 g/mol. The van der Waals surface area contributed by atoms with Gasteiger partial charge in [-0.3, -0.25) is 9.59 Å². The molecule has 8 N–H and O–H groups in total. The first kappa shape index (κ1) is 44.8. The Balaban J connectivity index is 0.765. The van der Waals surface area contributed by atoms with Crippen molar-refractivity contribution in [1.29, 1.82) is 0 Å². The molecule has 0 aliphatic carbocycles. The number of phenols is 2. The molecule has 69 heavy (non-hydrogen) atoms. The zero-order chi connectivity index (χ0) is 48.3. The number of amides is 2. The summed E-state index contributed by atoms with van der Waals surface area (Å²) in [4.78, 5) is 62.1. The van der Waals surface area contributed by atoms with E-state index < -0.39 is 23.4 Å². The van der Waals surface area contributed by atoms with E-state index in [-0.39, 0.29) is 64.0 Å². The molecule has 2 aliphatic heterocycles. The van der Waals surface area contributed by atoms with Crippen LogP contribution >= 0.6 is 11.6 Å². The fourth-order valence-electron chi connectivity index (χ4n) is 9.95. The van der Waals surface area contributed by atoms with Crippen LogP contribution in [0, 0.1) is 5.82 Å². The van der Waals surface area contributed by atoms with Crippen LogP contribution in [-0.4, -0.2) is 67.1 Å². The van der Waals surface area contributed by atoms with E-state index >= 15 is 4.39 Å². The average Bonchev–Trinajstić information content (AvgIpc) is 4.11. The highest BCUT2D eigenvalue weighted by molar-refractivity contribution is 6.35. The van der Waals surface area contributed by atoms with Gasteiger partial charge in [0.15, 0.2) is 5.60 Å². The minimum atomic E-state index is -1.44. The van der Waals surface area contributed by atoms with Gasteiger partial charge in [0.1, 0.15) is 34.5 Å². The van der Waals surface area contributed by atoms with E-state index in [0.29, 0.717) is 99.3 Å². The molecular weight excluding hydrogens is 905 g/mol. The van der Waals surface area contributed by atoms with Gasteiger partial charge in [0, 0.05) is 110 Å². The third-order valence-corrected chi connectivity index (χ3v) is 13.3. The summed E-state index contributed by atoms with van der Waals surface area (Å²) in [6.07, 6.45) is 6.06. The first-order chi connectivity index (χ1) is 33.2. The van der Waals surface area contributed by atoms with Gasteiger partial charge in [0.25, 0.3) is 5.91 Å². The van der Waals surface area contributed by atoms with Crippen LogP contribution in [0.4, 0.5) is 4.39 Å². The second kappa shape index (κ2) is 17.6. The second-order valence-corrected chi connectivity index (χ2v) is 18.0. The summed E-state index contributed by atoms with van der Waals surface area (Å²) in [5, 5.41) is 38.6. The fourth-order valence-corrected chi connectivity index (χ4v) is 10.2. The van der Waals surface area contributed by atoms with E-state index in [1.54, 1.807) is 42.7 Å². The molecule has 0 radical (unpaired) electrons. The minimum absolute atomic E-state index is 0.0557. The number of benzene rings is 5. The molecule has 3 aromatic heterocycles. The van der Waals surface area contributed by atoms with Crippen LogP contribution in [0.15, 0.2) is 97.3 Å². The maximum atomic E-state index is 15.3. The summed E-state index contributed by atoms with van der Waals surface area (Å²) in [5.74, 6) is -2.66. The number of carboxylic acids is 1. The molecule has 14 nitrogen and oxygen atoms in total. The predicted molar refractivity (Wildman–Crippen MR) is 257 cm³/mol. The van der Waals surface area contributed by atoms with Crippen molar-refractivity contribution < 1.29 is 48.4 Å². The number of fused-ring (bicyclic) bond motifs is 8. The van der Waals surface area contributed by atoms with Crippen molar-refractivity contribution in [1.82, 2.24) is 25.6 Å². The Morgan fingerprint density at radius 1 is 0.797 bits per heavy atom. The Labute approximate surface area is 398 Å². The van der Waals surface area contributed by atoms with E-state index in [9.17, 15) is 34.5 Å². The van der Waals surface area contributed by atoms with Gasteiger partial charge in [0.2, 0.25) is 5.91 Å². The van der Waals surface area contributed by atoms with Gasteiger partial charge >= 0.3 is 11.9 Å². The van der Waals surface area contributed by atoms with Crippen LogP contribution in [0.25, 0.3) is 44.2 Å². The molecule has 10 rings (SSSR count). The highest BCUT2D eigenvalue weighted by Crippen LogP contribution is 2.57. The van der Waals surface area contributed by atoms with Crippen LogP contribution < -0.4 is 15.4 Å². The molecule has 0 fully saturated rings. The molecule has 5 heterocycles. The van der Waals surface area contributed by atoms with E-state index in [2.05, 4.69) is 25.6 Å². The Morgan fingerprint density at radius 2 is 1.54 bits per heavy atom. The standard InChI is InChI=1S/C53H45ClFN5O9/c1-26(2)44-47(46-32-16-19-56-39(32)14-13-38(46)54)49(51(65)66)60-48(44)34-21-29(55)22-40-45(34)28(25-59-40)15-18-57-43(63)6-4-3-5-17-58-50(64)27-7-10-35-33(20-27)52(67)69-53(35)36-11-8-30(61)23-41(36)68-42-24-31(62)9-12-37(42)53/h7-14,16,19-26,56,59-62H,3-6,15,17-18H2,1-2H3,(H,57,63)(H,58,64)(H,65,66). The molecule has 350 valence electrons. The molecule has 0 saturated carbocycles. The van der Waals surface area contributed by atoms with Crippen molar-refractivity contribution in [2.24, 2.45) is 0 Å². The Bertz CT molecular complexity index is 3370. The number of esters is 1. The van der Waals surface area contributed by atoms with Gasteiger partial charge < -0.3 is 50.4 Å². The van der Waals surface area contributed by atoms with Gasteiger partial charge in [-0.2, -0.15) is 0 Å². The van der Waals surface area contributed by atoms with Gasteiger partial charge in [-0.05, 0) is 103 Å². The number of carbonyl (C=O) groups excluding carboxylic acids is 3. The summed E-state index contributed by atoms with van der Waals surface area (Å²) in [6, 6.07) is 22.0. The minimum Gasteiger partial charge on any atom is -0.508 e. The zero-order valence-electron chi connectivity index (χ0n) is 37.3. The maximum absolute atomic E-state index is 15.3. The number of hydrogen-bond acceptors (Lipinski definition) is 8. The molecule has 0 atom stereocenters. The number of hydrogen-bond donors (Lipinski definition) is 8. The smallest absolute Gasteiger partial charge is 0.352 e. The van der Waals surface area contributed by atoms with Crippen LogP contribution in [0.5, 0.6) is 23.0 Å². The molecule has 0 saturated heterocycles. The molecule has 16 heteroatoms. The van der Waals surface area contributed by atoms with E-state index in [1.807, 2.05) is 26.0 Å². The SMILES string of the molecule is CC(C)c1c(-c2cc(F)cc3[nH]cc(CCNC(=O)CCCCCNC(=O)c4ccc5c(c4)C(=O)OC54c5ccc(O)cc5Oc5cc(O)ccc54)c23)[nH]c(C(=O)O)c1-c1c(Cl)ccc2[nH]ccc12. The summed E-state index contributed by atoms with van der Waals surface area (Å²) in [7, 11) is 0. The van der Waals surface area contributed by atoms with E-state index in [0.717, 1.165) is 16.5 Å². The predicted octanol–water partition coefficient (Wildman–Crippen LogP) is 10.6. The molecule has 2 aliphatic rings. The molecule has 8 aromatic rings. The third-order valence-electron chi connectivity index (χ3n) is 13.0. The molecule has 0 bridgehead atoms. The number of ether oxygens (including phenoxy) is 2. The first-order valence-corrected chi connectivity index (χ1v) is 22.9. The normalized spacial score (nSPS) is 13.3. The summed E-state index contributed by atoms with van der Waals surface area (Å²) in [6.45, 7) is 4.54. The van der Waals surface area contributed by atoms with E-state index in [4.69, 9.17) is 21.1 Å². The van der Waals surface area contributed by atoms with Gasteiger partial charge in [-0.25, -0.2) is 14.0 Å². The number of aromatic carboxylic acids is 1. The van der Waals surface area contributed by atoms with Crippen LogP contribution in [0.3, 0.4) is 0 Å². The molecule has 0 unspecified atom stereocenters. The van der Waals surface area contributed by atoms with Crippen LogP contribution in [0.1, 0.15) is 104 Å². The lowest BCUT2D eigenvalue weighted by molar-refractivity contribution is -0.121. The van der Waals surface area contributed by atoms with Crippen LogP contribution in [0.2, 0.25) is 5.02 Å². The summed E-state index contributed by atoms with van der Waals surface area (Å²) < 4.78 is 27.5. The largest absolute Gasteiger partial charge is 0.508 e. The number of H-pyrrole nitrogens is 3. The number of carboxylic acid groups (broad SMARTS) is 1. The van der Waals surface area contributed by atoms with E-state index in [1.165, 1.54) is 42.5 Å². The van der Waals surface area contributed by atoms with Gasteiger partial charge in [-0.15, -0.1) is 0 Å². The lowest BCUT2D eigenvalue weighted by Crippen LogP contribution is -2.33. The number of nitrogens with one attached hydrogen (secondary N) is 5. The lowest BCUT2D eigenvalue weighted by atomic mass is 9.77. The summed E-state index contributed by atoms with van der Waals surface area (Å²) >= 11 is 6.80. The van der Waals surface area contributed by atoms with Crippen molar-refractivity contribution in [2.45, 2.75) is 57.5 Å². The third kappa shape index (κ3) is 7.77. The summed E-state index contributed by atoms with van der Waals surface area (Å²) in [5.41, 5.74) is 5.18. The number of halogens is 2. The highest BCUT2D eigenvalue weighted by Gasteiger charge is 2.54. The monoisotopic (exact) mass is 949 g/mol. The quantitative estimate of drug-likeness (QED) is 0.0383. The molecule has 5 aromatic carbocycles. The number of aromatic nitrogens is 3. The number of aromatic hydroxyl groups is 2. The second-order valence-electron chi connectivity index (χ2n) is 17.6. The fraction of sp³-hybridized carbons (Fsp3) is 0.208.